The zero-order chi connectivity index (χ0) is 12.4. The number of nitrogens with one attached hydrogen (secondary N) is 1. The topological polar surface area (TPSA) is 83.5 Å². The second-order valence-corrected chi connectivity index (χ2v) is 4.66. The Balaban J connectivity index is 2.26. The number of H-pyrrole nitrogens is 1. The molecule has 0 spiro atoms. The molecule has 0 aliphatic carbocycles. The lowest BCUT2D eigenvalue weighted by Crippen LogP contribution is -2.13. The van der Waals surface area contributed by atoms with Crippen LogP contribution >= 0.6 is 23.4 Å². The minimum absolute atomic E-state index is 0.151. The van der Waals surface area contributed by atoms with E-state index in [0.29, 0.717) is 16.3 Å². The fourth-order valence-electron chi connectivity index (χ4n) is 1.02. The maximum absolute atomic E-state index is 5.81. The average Bonchev–Trinajstić information content (AvgIpc) is 2.63. The number of anilines is 1. The fourth-order valence-corrected chi connectivity index (χ4v) is 1.92. The number of hydrogen-bond acceptors (Lipinski definition) is 7. The summed E-state index contributed by atoms with van der Waals surface area (Å²) in [5, 5.41) is 7.90. The minimum atomic E-state index is 0.151. The summed E-state index contributed by atoms with van der Waals surface area (Å²) in [6, 6.07) is 0. The van der Waals surface area contributed by atoms with Crippen molar-refractivity contribution in [3.8, 4) is 0 Å². The zero-order valence-electron chi connectivity index (χ0n) is 9.47. The standard InChI is InChI=1S/C8H10ClN7S/c1-4-10-8(15-14-4)17-7-12-5(9)11-6(13-7)16(2)3/h1-3H3,(H,10,14,15). The number of hydrogen-bond donors (Lipinski definition) is 1. The van der Waals surface area contributed by atoms with Crippen LogP contribution in [0.25, 0.3) is 0 Å². The van der Waals surface area contributed by atoms with Crippen molar-refractivity contribution in [3.63, 3.8) is 0 Å². The molecule has 9 heteroatoms. The lowest BCUT2D eigenvalue weighted by atomic mass is 10.8. The summed E-state index contributed by atoms with van der Waals surface area (Å²) in [5.41, 5.74) is 0. The third-order valence-corrected chi connectivity index (χ3v) is 2.63. The van der Waals surface area contributed by atoms with E-state index in [1.807, 2.05) is 21.0 Å². The predicted octanol–water partition coefficient (Wildman–Crippen LogP) is 1.17. The van der Waals surface area contributed by atoms with Crippen molar-refractivity contribution in [1.29, 1.82) is 0 Å². The van der Waals surface area contributed by atoms with Crippen LogP contribution in [0.1, 0.15) is 5.82 Å². The van der Waals surface area contributed by atoms with E-state index in [-0.39, 0.29) is 5.28 Å². The number of nitrogens with zero attached hydrogens (tertiary/aromatic N) is 6. The van der Waals surface area contributed by atoms with Crippen LogP contribution in [0.15, 0.2) is 10.3 Å². The van der Waals surface area contributed by atoms with Gasteiger partial charge in [-0.1, -0.05) is 0 Å². The van der Waals surface area contributed by atoms with Gasteiger partial charge in [0.15, 0.2) is 0 Å². The molecule has 2 heterocycles. The van der Waals surface area contributed by atoms with Crippen LogP contribution in [0.5, 0.6) is 0 Å². The first-order chi connectivity index (χ1) is 8.04. The van der Waals surface area contributed by atoms with Gasteiger partial charge in [-0.2, -0.15) is 15.0 Å². The van der Waals surface area contributed by atoms with Crippen molar-refractivity contribution in [1.82, 2.24) is 30.1 Å². The molecule has 0 saturated carbocycles. The smallest absolute Gasteiger partial charge is 0.230 e. The number of aromatic nitrogens is 6. The SMILES string of the molecule is Cc1nc(Sc2nc(Cl)nc(N(C)C)n2)n[nH]1. The van der Waals surface area contributed by atoms with Gasteiger partial charge in [0.1, 0.15) is 5.82 Å². The van der Waals surface area contributed by atoms with Crippen molar-refractivity contribution in [2.24, 2.45) is 0 Å². The largest absolute Gasteiger partial charge is 0.347 e. The molecule has 0 atom stereocenters. The van der Waals surface area contributed by atoms with Gasteiger partial charge in [-0.25, -0.2) is 4.98 Å². The van der Waals surface area contributed by atoms with Crippen LogP contribution < -0.4 is 4.90 Å². The summed E-state index contributed by atoms with van der Waals surface area (Å²) < 4.78 is 0. The van der Waals surface area contributed by atoms with Gasteiger partial charge in [0.25, 0.3) is 0 Å². The Morgan fingerprint density at radius 1 is 1.12 bits per heavy atom. The highest BCUT2D eigenvalue weighted by molar-refractivity contribution is 7.99. The van der Waals surface area contributed by atoms with Crippen LogP contribution in [-0.4, -0.2) is 44.2 Å². The van der Waals surface area contributed by atoms with Gasteiger partial charge in [0.05, 0.1) is 0 Å². The molecule has 90 valence electrons. The average molecular weight is 272 g/mol. The van der Waals surface area contributed by atoms with Crippen molar-refractivity contribution in [2.45, 2.75) is 17.2 Å². The Bertz CT molecular complexity index is 526. The quantitative estimate of drug-likeness (QED) is 0.897. The number of aromatic amines is 1. The van der Waals surface area contributed by atoms with E-state index in [0.717, 1.165) is 5.82 Å². The molecule has 7 nitrogen and oxygen atoms in total. The Labute approximate surface area is 107 Å². The van der Waals surface area contributed by atoms with Crippen LogP contribution in [0.3, 0.4) is 0 Å². The fraction of sp³-hybridized carbons (Fsp3) is 0.375. The van der Waals surface area contributed by atoms with Crippen LogP contribution in [0.4, 0.5) is 5.95 Å². The molecule has 0 aliphatic heterocycles. The van der Waals surface area contributed by atoms with Crippen LogP contribution in [0.2, 0.25) is 5.28 Å². The van der Waals surface area contributed by atoms with Gasteiger partial charge < -0.3 is 4.90 Å². The summed E-state index contributed by atoms with van der Waals surface area (Å²) in [4.78, 5) is 18.1. The second kappa shape index (κ2) is 4.84. The van der Waals surface area contributed by atoms with E-state index in [2.05, 4.69) is 30.1 Å². The van der Waals surface area contributed by atoms with Crippen LogP contribution in [0, 0.1) is 6.92 Å². The van der Waals surface area contributed by atoms with Crippen molar-refractivity contribution < 1.29 is 0 Å². The summed E-state index contributed by atoms with van der Waals surface area (Å²) in [7, 11) is 3.66. The lowest BCUT2D eigenvalue weighted by molar-refractivity contribution is 0.859. The highest BCUT2D eigenvalue weighted by atomic mass is 35.5. The van der Waals surface area contributed by atoms with E-state index in [4.69, 9.17) is 11.6 Å². The summed E-state index contributed by atoms with van der Waals surface area (Å²) >= 11 is 7.04. The molecule has 0 saturated heterocycles. The molecule has 2 aromatic rings. The Hall–Kier alpha value is -1.41. The number of halogens is 1. The summed E-state index contributed by atoms with van der Waals surface area (Å²) in [6.45, 7) is 1.82. The monoisotopic (exact) mass is 271 g/mol. The molecule has 2 aromatic heterocycles. The van der Waals surface area contributed by atoms with E-state index in [9.17, 15) is 0 Å². The normalized spacial score (nSPS) is 10.6. The molecule has 0 fully saturated rings. The van der Waals surface area contributed by atoms with Gasteiger partial charge in [-0.05, 0) is 30.3 Å². The Kier molecular flexibility index (Phi) is 3.43. The van der Waals surface area contributed by atoms with Crippen molar-refractivity contribution in [2.75, 3.05) is 19.0 Å². The van der Waals surface area contributed by atoms with Crippen molar-refractivity contribution >= 4 is 29.3 Å². The van der Waals surface area contributed by atoms with Gasteiger partial charge in [-0.3, -0.25) is 5.10 Å². The molecule has 17 heavy (non-hydrogen) atoms. The number of aryl methyl sites for hydroxylation is 1. The molecule has 0 amide bonds. The third kappa shape index (κ3) is 3.04. The molecular formula is C8H10ClN7S. The molecule has 0 aromatic carbocycles. The van der Waals surface area contributed by atoms with E-state index in [1.165, 1.54) is 11.8 Å². The van der Waals surface area contributed by atoms with Gasteiger partial charge in [0, 0.05) is 14.1 Å². The zero-order valence-corrected chi connectivity index (χ0v) is 11.0. The summed E-state index contributed by atoms with van der Waals surface area (Å²) in [6.07, 6.45) is 0. The highest BCUT2D eigenvalue weighted by Crippen LogP contribution is 2.22. The maximum atomic E-state index is 5.81. The molecule has 2 rings (SSSR count). The number of rotatable bonds is 3. The Morgan fingerprint density at radius 3 is 2.47 bits per heavy atom. The third-order valence-electron chi connectivity index (χ3n) is 1.74. The molecule has 0 aliphatic rings. The van der Waals surface area contributed by atoms with Crippen molar-refractivity contribution in [3.05, 3.63) is 11.1 Å². The molecule has 0 radical (unpaired) electrons. The van der Waals surface area contributed by atoms with Gasteiger partial charge in [0.2, 0.25) is 21.5 Å². The van der Waals surface area contributed by atoms with E-state index >= 15 is 0 Å². The predicted molar refractivity (Wildman–Crippen MR) is 64.4 cm³/mol. The van der Waals surface area contributed by atoms with Crippen LogP contribution in [-0.2, 0) is 0 Å². The highest BCUT2D eigenvalue weighted by Gasteiger charge is 2.10. The first-order valence-electron chi connectivity index (χ1n) is 4.70. The van der Waals surface area contributed by atoms with Gasteiger partial charge in [-0.15, -0.1) is 5.10 Å². The lowest BCUT2D eigenvalue weighted by Gasteiger charge is -2.09. The maximum Gasteiger partial charge on any atom is 0.230 e. The second-order valence-electron chi connectivity index (χ2n) is 3.39. The van der Waals surface area contributed by atoms with E-state index in [1.54, 1.807) is 4.90 Å². The molecule has 0 bridgehead atoms. The van der Waals surface area contributed by atoms with E-state index < -0.39 is 0 Å². The molecule has 1 N–H and O–H groups in total. The first kappa shape index (κ1) is 12.1. The minimum Gasteiger partial charge on any atom is -0.347 e. The van der Waals surface area contributed by atoms with Gasteiger partial charge >= 0.3 is 0 Å². The summed E-state index contributed by atoms with van der Waals surface area (Å²) in [5.74, 6) is 1.24. The Morgan fingerprint density at radius 2 is 1.88 bits per heavy atom. The first-order valence-corrected chi connectivity index (χ1v) is 5.90. The molecule has 0 unspecified atom stereocenters. The molecular weight excluding hydrogens is 262 g/mol.